The fraction of sp³-hybridized carbons (Fsp3) is 0.100. The Morgan fingerprint density at radius 1 is 0.407 bits per heavy atom. The van der Waals surface area contributed by atoms with Gasteiger partial charge in [0.05, 0.1) is 24.0 Å². The summed E-state index contributed by atoms with van der Waals surface area (Å²) < 4.78 is 4.67. The molecule has 2 aliphatic carbocycles. The molecular formula is C80H65N6+. The molecule has 0 unspecified atom stereocenters. The van der Waals surface area contributed by atoms with Crippen molar-refractivity contribution in [3.05, 3.63) is 312 Å². The number of para-hydroxylation sites is 7. The van der Waals surface area contributed by atoms with Gasteiger partial charge in [0.1, 0.15) is 11.5 Å². The highest BCUT2D eigenvalue weighted by Crippen LogP contribution is 2.59. The molecule has 1 aromatic heterocycles. The van der Waals surface area contributed by atoms with Gasteiger partial charge in [-0.2, -0.15) is 4.57 Å². The molecule has 15 rings (SSSR count). The van der Waals surface area contributed by atoms with Gasteiger partial charge < -0.3 is 9.80 Å². The number of fused-ring (bicyclic) bond motifs is 9. The van der Waals surface area contributed by atoms with E-state index < -0.39 is 0 Å². The van der Waals surface area contributed by atoms with Crippen molar-refractivity contribution in [2.75, 3.05) is 14.7 Å². The van der Waals surface area contributed by atoms with E-state index in [0.29, 0.717) is 5.84 Å². The van der Waals surface area contributed by atoms with Crippen LogP contribution in [0, 0.1) is 12.3 Å². The third-order valence-electron chi connectivity index (χ3n) is 18.4. The standard InChI is InChI=1S/C80H65N6/c1-53-25-19-22-36-72(53)85(58-30-15-9-16-31-58)77(81)54-39-43-60(44-40-54)83(61-45-41-55(42-46-61)78-82(6)73-37-23-24-38-74(73)86(78)59-32-17-10-18-33-59)62-47-48-63-66-50-70-67(51-69(66)79(2,3)68(63)49-62)76-65-35-21-20-34-64(65)75(52-71(76)80(70,4)5)84(56-26-11-7-12-27-56)57-28-13-8-14-29-57/h7-52,81H,1-6H3/q+1. The highest BCUT2D eigenvalue weighted by Gasteiger charge is 2.43. The van der Waals surface area contributed by atoms with Crippen LogP contribution >= 0.6 is 0 Å². The second-order valence-corrected chi connectivity index (χ2v) is 24.1. The first-order chi connectivity index (χ1) is 42.0. The summed E-state index contributed by atoms with van der Waals surface area (Å²) in [7, 11) is 2.16. The zero-order valence-corrected chi connectivity index (χ0v) is 49.3. The zero-order chi connectivity index (χ0) is 58.4. The summed E-state index contributed by atoms with van der Waals surface area (Å²) in [6.45, 7) is 11.8. The van der Waals surface area contributed by atoms with E-state index in [4.69, 9.17) is 0 Å². The normalized spacial score (nSPS) is 13.2. The molecule has 0 saturated carbocycles. The van der Waals surface area contributed by atoms with Gasteiger partial charge in [-0.1, -0.05) is 161 Å². The van der Waals surface area contributed by atoms with Gasteiger partial charge in [0.15, 0.2) is 11.0 Å². The number of anilines is 8. The second-order valence-electron chi connectivity index (χ2n) is 24.1. The number of rotatable bonds is 11. The van der Waals surface area contributed by atoms with E-state index in [9.17, 15) is 5.41 Å². The first-order valence-corrected chi connectivity index (χ1v) is 29.8. The number of hydrogen-bond acceptors (Lipinski definition) is 3. The Morgan fingerprint density at radius 2 is 0.907 bits per heavy atom. The molecule has 6 heteroatoms. The van der Waals surface area contributed by atoms with Gasteiger partial charge in [0.25, 0.3) is 5.82 Å². The number of nitrogens with zero attached hydrogens (tertiary/aromatic N) is 5. The lowest BCUT2D eigenvalue weighted by Gasteiger charge is -2.29. The number of amidine groups is 1. The molecule has 13 aromatic rings. The van der Waals surface area contributed by atoms with Crippen molar-refractivity contribution in [3.63, 3.8) is 0 Å². The van der Waals surface area contributed by atoms with Gasteiger partial charge in [0, 0.05) is 55.9 Å². The van der Waals surface area contributed by atoms with Gasteiger partial charge >= 0.3 is 0 Å². The summed E-state index contributed by atoms with van der Waals surface area (Å²) >= 11 is 0. The average molecular weight is 1110 g/mol. The largest absolute Gasteiger partial charge is 0.310 e. The van der Waals surface area contributed by atoms with Crippen LogP contribution in [0.3, 0.4) is 0 Å². The molecule has 0 radical (unpaired) electrons. The van der Waals surface area contributed by atoms with E-state index in [-0.39, 0.29) is 10.8 Å². The lowest BCUT2D eigenvalue weighted by Crippen LogP contribution is -2.30. The Hall–Kier alpha value is -10.6. The smallest absolute Gasteiger partial charge is 0.294 e. The average Bonchev–Trinajstić information content (AvgIpc) is 1.62. The summed E-state index contributed by atoms with van der Waals surface area (Å²) in [6.07, 6.45) is 0. The third kappa shape index (κ3) is 8.30. The SMILES string of the molecule is Cc1ccccc1N(C(=N)c1ccc(N(c2ccc(-c3n(-c4ccccc4)c4ccccc4[n+]3C)cc2)c2ccc3c(c2)C(C)(C)c2cc4c(cc2-3)C(C)(C)c2cc(N(c3ccccc3)c3ccccc3)c3ccccc3c2-4)cc1)c1ccccc1. The van der Waals surface area contributed by atoms with Gasteiger partial charge in [-0.05, 0) is 208 Å². The van der Waals surface area contributed by atoms with E-state index in [0.717, 1.165) is 79.0 Å². The quantitative estimate of drug-likeness (QED) is 0.0797. The molecule has 0 atom stereocenters. The van der Waals surface area contributed by atoms with E-state index in [1.807, 2.05) is 24.3 Å². The van der Waals surface area contributed by atoms with Crippen LogP contribution in [0.15, 0.2) is 279 Å². The molecule has 0 spiro atoms. The Balaban J connectivity index is 0.851. The molecule has 1 N–H and O–H groups in total. The van der Waals surface area contributed by atoms with Gasteiger partial charge in [-0.25, -0.2) is 4.57 Å². The number of hydrogen-bond donors (Lipinski definition) is 1. The topological polar surface area (TPSA) is 42.4 Å². The summed E-state index contributed by atoms with van der Waals surface area (Å²) in [5, 5.41) is 12.3. The molecule has 1 heterocycles. The summed E-state index contributed by atoms with van der Waals surface area (Å²) in [6, 6.07) is 101. The molecule has 0 amide bonds. The van der Waals surface area contributed by atoms with Crippen molar-refractivity contribution in [1.29, 1.82) is 5.41 Å². The summed E-state index contributed by atoms with van der Waals surface area (Å²) in [5.74, 6) is 1.50. The molecule has 0 aliphatic heterocycles. The van der Waals surface area contributed by atoms with Crippen molar-refractivity contribution < 1.29 is 4.57 Å². The molecule has 2 aliphatic rings. The monoisotopic (exact) mass is 1110 g/mol. The number of aromatic nitrogens is 2. The fourth-order valence-electron chi connectivity index (χ4n) is 14.0. The Labute approximate surface area is 503 Å². The maximum Gasteiger partial charge on any atom is 0.294 e. The first-order valence-electron chi connectivity index (χ1n) is 29.8. The van der Waals surface area contributed by atoms with Gasteiger partial charge in [0.2, 0.25) is 0 Å². The molecule has 12 aromatic carbocycles. The van der Waals surface area contributed by atoms with E-state index in [2.05, 4.69) is 320 Å². The molecular weight excluding hydrogens is 1040 g/mol. The molecule has 0 fully saturated rings. The van der Waals surface area contributed by atoms with E-state index in [1.165, 1.54) is 61.0 Å². The predicted molar refractivity (Wildman–Crippen MR) is 358 cm³/mol. The van der Waals surface area contributed by atoms with Crippen LogP contribution in [0.4, 0.5) is 45.5 Å². The zero-order valence-electron chi connectivity index (χ0n) is 49.3. The minimum absolute atomic E-state index is 0.291. The molecule has 6 nitrogen and oxygen atoms in total. The maximum absolute atomic E-state index is 9.85. The van der Waals surface area contributed by atoms with Crippen LogP contribution in [-0.2, 0) is 17.9 Å². The van der Waals surface area contributed by atoms with Crippen molar-refractivity contribution in [1.82, 2.24) is 4.57 Å². The van der Waals surface area contributed by atoms with Crippen molar-refractivity contribution >= 4 is 73.1 Å². The lowest BCUT2D eigenvalue weighted by atomic mass is 9.79. The van der Waals surface area contributed by atoms with Crippen molar-refractivity contribution in [3.8, 4) is 39.3 Å². The number of benzene rings is 12. The number of aryl methyl sites for hydroxylation is 2. The molecule has 86 heavy (non-hydrogen) atoms. The highest BCUT2D eigenvalue weighted by atomic mass is 15.2. The summed E-state index contributed by atoms with van der Waals surface area (Å²) in [4.78, 5) is 6.86. The minimum atomic E-state index is -0.333. The fourth-order valence-corrected chi connectivity index (χ4v) is 14.0. The number of imidazole rings is 1. The molecule has 414 valence electrons. The van der Waals surface area contributed by atoms with Gasteiger partial charge in [-0.3, -0.25) is 10.3 Å². The third-order valence-corrected chi connectivity index (χ3v) is 18.4. The lowest BCUT2D eigenvalue weighted by molar-refractivity contribution is -0.633. The van der Waals surface area contributed by atoms with Crippen LogP contribution in [0.5, 0.6) is 0 Å². The van der Waals surface area contributed by atoms with Gasteiger partial charge in [-0.15, -0.1) is 0 Å². The first kappa shape index (κ1) is 52.3. The van der Waals surface area contributed by atoms with Crippen LogP contribution < -0.4 is 19.3 Å². The van der Waals surface area contributed by atoms with Crippen molar-refractivity contribution in [2.24, 2.45) is 7.05 Å². The summed E-state index contributed by atoms with van der Waals surface area (Å²) in [5.41, 5.74) is 24.8. The van der Waals surface area contributed by atoms with Crippen LogP contribution in [-0.4, -0.2) is 10.4 Å². The highest BCUT2D eigenvalue weighted by molar-refractivity contribution is 6.13. The Kier molecular flexibility index (Phi) is 12.4. The van der Waals surface area contributed by atoms with E-state index in [1.54, 1.807) is 0 Å². The van der Waals surface area contributed by atoms with E-state index >= 15 is 0 Å². The minimum Gasteiger partial charge on any atom is -0.310 e. The van der Waals surface area contributed by atoms with Crippen molar-refractivity contribution in [2.45, 2.75) is 45.4 Å². The van der Waals surface area contributed by atoms with Crippen LogP contribution in [0.2, 0.25) is 0 Å². The molecule has 0 saturated heterocycles. The predicted octanol–water partition coefficient (Wildman–Crippen LogP) is 20.3. The number of nitrogens with one attached hydrogen (secondary N) is 1. The second kappa shape index (κ2) is 20.4. The Morgan fingerprint density at radius 3 is 1.57 bits per heavy atom. The van der Waals surface area contributed by atoms with Crippen LogP contribution in [0.25, 0.3) is 61.1 Å². The van der Waals surface area contributed by atoms with Crippen LogP contribution in [0.1, 0.15) is 61.1 Å². The molecule has 0 bridgehead atoms. The Bertz CT molecular complexity index is 4740. The maximum atomic E-state index is 9.85.